The highest BCUT2D eigenvalue weighted by Gasteiger charge is 2.30. The lowest BCUT2D eigenvalue weighted by molar-refractivity contribution is -0.103. The van der Waals surface area contributed by atoms with Gasteiger partial charge in [-0.1, -0.05) is 47.6 Å². The van der Waals surface area contributed by atoms with Gasteiger partial charge in [-0.3, -0.25) is 4.57 Å². The van der Waals surface area contributed by atoms with Crippen molar-refractivity contribution in [2.24, 2.45) is 0 Å². The summed E-state index contributed by atoms with van der Waals surface area (Å²) in [6, 6.07) is 7.39. The van der Waals surface area contributed by atoms with Crippen LogP contribution < -0.4 is 11.4 Å². The van der Waals surface area contributed by atoms with Crippen LogP contribution in [0.2, 0.25) is 0 Å². The molecule has 1 saturated heterocycles. The first-order valence-corrected chi connectivity index (χ1v) is 10.3. The molecule has 31 heavy (non-hydrogen) atoms. The van der Waals surface area contributed by atoms with E-state index in [4.69, 9.17) is 19.9 Å². The van der Waals surface area contributed by atoms with E-state index in [1.807, 2.05) is 12.1 Å². The van der Waals surface area contributed by atoms with Crippen molar-refractivity contribution in [3.63, 3.8) is 0 Å². The lowest BCUT2D eigenvalue weighted by atomic mass is 9.79. The summed E-state index contributed by atoms with van der Waals surface area (Å²) in [6.07, 6.45) is 0.0753. The van der Waals surface area contributed by atoms with E-state index in [9.17, 15) is 9.59 Å². The third-order valence-electron chi connectivity index (χ3n) is 5.15. The van der Waals surface area contributed by atoms with E-state index in [2.05, 4.69) is 52.6 Å². The quantitative estimate of drug-likeness (QED) is 0.744. The molecule has 0 spiro atoms. The van der Waals surface area contributed by atoms with Gasteiger partial charge in [-0.25, -0.2) is 9.59 Å². The van der Waals surface area contributed by atoms with Gasteiger partial charge in [0.1, 0.15) is 12.4 Å². The number of anilines is 1. The Morgan fingerprint density at radius 2 is 1.77 bits per heavy atom. The maximum atomic E-state index is 12.8. The van der Waals surface area contributed by atoms with Gasteiger partial charge in [0.25, 0.3) is 0 Å². The van der Waals surface area contributed by atoms with Gasteiger partial charge in [-0.05, 0) is 40.2 Å². The molecule has 8 heteroatoms. The first-order valence-electron chi connectivity index (χ1n) is 10.3. The minimum absolute atomic E-state index is 0.0862. The van der Waals surface area contributed by atoms with Crippen LogP contribution in [0.15, 0.2) is 35.3 Å². The largest absolute Gasteiger partial charge is 0.457 e. The Kier molecular flexibility index (Phi) is 6.25. The van der Waals surface area contributed by atoms with Gasteiger partial charge in [-0.2, -0.15) is 4.98 Å². The summed E-state index contributed by atoms with van der Waals surface area (Å²) in [6.45, 7) is 12.7. The summed E-state index contributed by atoms with van der Waals surface area (Å²) in [7, 11) is 0. The number of rotatable bonds is 4. The smallest absolute Gasteiger partial charge is 0.351 e. The zero-order valence-corrected chi connectivity index (χ0v) is 19.0. The monoisotopic (exact) mass is 429 g/mol. The number of carbonyl (C=O) groups is 1. The van der Waals surface area contributed by atoms with Gasteiger partial charge in [0.15, 0.2) is 12.5 Å². The molecule has 1 aromatic heterocycles. The van der Waals surface area contributed by atoms with E-state index < -0.39 is 24.2 Å². The molecule has 3 rings (SSSR count). The number of hydrogen-bond donors (Lipinski definition) is 1. The number of esters is 1. The fraction of sp³-hybridized carbons (Fsp3) is 0.522. The average molecular weight is 430 g/mol. The number of ether oxygens (including phenoxy) is 3. The number of aromatic nitrogens is 2. The fourth-order valence-electron chi connectivity index (χ4n) is 3.16. The summed E-state index contributed by atoms with van der Waals surface area (Å²) in [5.74, 6) is -0.309. The summed E-state index contributed by atoms with van der Waals surface area (Å²) in [5, 5.41) is 0. The molecule has 2 aromatic rings. The number of hydrogen-bond acceptors (Lipinski definition) is 7. The van der Waals surface area contributed by atoms with Crippen molar-refractivity contribution >= 4 is 11.8 Å². The second-order valence-corrected chi connectivity index (χ2v) is 9.79. The second-order valence-electron chi connectivity index (χ2n) is 9.79. The van der Waals surface area contributed by atoms with Crippen LogP contribution in [0.25, 0.3) is 0 Å². The number of carbonyl (C=O) groups excluding carboxylic acids is 1. The van der Waals surface area contributed by atoms with Crippen molar-refractivity contribution in [1.29, 1.82) is 0 Å². The Balaban J connectivity index is 1.69. The van der Waals surface area contributed by atoms with Gasteiger partial charge in [-0.15, -0.1) is 0 Å². The molecule has 1 aliphatic heterocycles. The third kappa shape index (κ3) is 5.51. The molecule has 8 nitrogen and oxygen atoms in total. The van der Waals surface area contributed by atoms with Crippen LogP contribution in [0, 0.1) is 0 Å². The van der Waals surface area contributed by atoms with Gasteiger partial charge < -0.3 is 19.9 Å². The predicted octanol–water partition coefficient (Wildman–Crippen LogP) is 3.15. The molecule has 0 saturated carbocycles. The Morgan fingerprint density at radius 1 is 1.16 bits per heavy atom. The lowest BCUT2D eigenvalue weighted by Crippen LogP contribution is -2.29. The minimum atomic E-state index is -0.772. The van der Waals surface area contributed by atoms with Crippen LogP contribution in [0.5, 0.6) is 0 Å². The van der Waals surface area contributed by atoms with E-state index in [1.165, 1.54) is 16.8 Å². The molecule has 2 heterocycles. The SMILES string of the molecule is CC(C)(C)c1cc(C(=O)OC[C@H]2OC[C@@H](n3ccc(N)nc3=O)O2)cc(C(C)(C)C)c1. The summed E-state index contributed by atoms with van der Waals surface area (Å²) < 4.78 is 18.0. The van der Waals surface area contributed by atoms with Crippen LogP contribution in [0.3, 0.4) is 0 Å². The first kappa shape index (κ1) is 23.0. The topological polar surface area (TPSA) is 106 Å². The van der Waals surface area contributed by atoms with Crippen molar-refractivity contribution in [3.05, 3.63) is 57.6 Å². The standard InChI is InChI=1S/C23H31N3O5/c1-22(2,3)15-9-14(10-16(11-15)23(4,5)6)20(27)30-13-19-29-12-18(31-19)26-8-7-17(24)25-21(26)28/h7-11,18-19H,12-13H2,1-6H3,(H2,24,25,28)/t18-,19-/m0/s1. The number of nitrogens with two attached hydrogens (primary N) is 1. The van der Waals surface area contributed by atoms with Crippen LogP contribution >= 0.6 is 0 Å². The molecule has 0 radical (unpaired) electrons. The van der Waals surface area contributed by atoms with E-state index in [0.717, 1.165) is 11.1 Å². The lowest BCUT2D eigenvalue weighted by Gasteiger charge is -2.26. The molecule has 0 bridgehead atoms. The summed E-state index contributed by atoms with van der Waals surface area (Å²) >= 11 is 0. The Morgan fingerprint density at radius 3 is 2.32 bits per heavy atom. The van der Waals surface area contributed by atoms with Gasteiger partial charge >= 0.3 is 11.7 Å². The molecule has 0 unspecified atom stereocenters. The van der Waals surface area contributed by atoms with E-state index >= 15 is 0 Å². The van der Waals surface area contributed by atoms with Crippen molar-refractivity contribution in [1.82, 2.24) is 9.55 Å². The average Bonchev–Trinajstić information content (AvgIpc) is 3.13. The molecule has 2 atom stereocenters. The van der Waals surface area contributed by atoms with Gasteiger partial charge in [0.05, 0.1) is 12.2 Å². The molecule has 1 aliphatic rings. The number of nitrogen functional groups attached to an aromatic ring is 1. The number of benzene rings is 1. The molecule has 0 amide bonds. The van der Waals surface area contributed by atoms with Crippen molar-refractivity contribution in [3.8, 4) is 0 Å². The molecular formula is C23H31N3O5. The highest BCUT2D eigenvalue weighted by atomic mass is 16.7. The van der Waals surface area contributed by atoms with E-state index in [1.54, 1.807) is 0 Å². The number of nitrogens with zero attached hydrogens (tertiary/aromatic N) is 2. The first-order chi connectivity index (χ1) is 14.3. The minimum Gasteiger partial charge on any atom is -0.457 e. The zero-order valence-electron chi connectivity index (χ0n) is 19.0. The molecule has 1 aromatic carbocycles. The molecule has 0 aliphatic carbocycles. The summed E-state index contributed by atoms with van der Waals surface area (Å²) in [5.41, 5.74) is 7.39. The fourth-order valence-corrected chi connectivity index (χ4v) is 3.16. The van der Waals surface area contributed by atoms with Gasteiger partial charge in [0, 0.05) is 6.20 Å². The van der Waals surface area contributed by atoms with E-state index in [-0.39, 0.29) is 29.9 Å². The maximum absolute atomic E-state index is 12.8. The van der Waals surface area contributed by atoms with Crippen LogP contribution in [-0.2, 0) is 25.0 Å². The van der Waals surface area contributed by atoms with Crippen molar-refractivity contribution in [2.75, 3.05) is 18.9 Å². The zero-order chi connectivity index (χ0) is 23.0. The molecular weight excluding hydrogens is 398 g/mol. The third-order valence-corrected chi connectivity index (χ3v) is 5.15. The highest BCUT2D eigenvalue weighted by molar-refractivity contribution is 5.90. The highest BCUT2D eigenvalue weighted by Crippen LogP contribution is 2.30. The second kappa shape index (κ2) is 8.43. The molecule has 2 N–H and O–H groups in total. The Hall–Kier alpha value is -2.71. The van der Waals surface area contributed by atoms with Crippen LogP contribution in [-0.4, -0.2) is 35.0 Å². The van der Waals surface area contributed by atoms with Crippen molar-refractivity contribution < 1.29 is 19.0 Å². The Labute approximate surface area is 182 Å². The van der Waals surface area contributed by atoms with Gasteiger partial charge in [0.2, 0.25) is 0 Å². The Bertz CT molecular complexity index is 985. The predicted molar refractivity (Wildman–Crippen MR) is 117 cm³/mol. The molecule has 168 valence electrons. The van der Waals surface area contributed by atoms with Crippen molar-refractivity contribution in [2.45, 2.75) is 64.9 Å². The van der Waals surface area contributed by atoms with Crippen LogP contribution in [0.1, 0.15) is 69.3 Å². The van der Waals surface area contributed by atoms with E-state index in [0.29, 0.717) is 5.56 Å². The van der Waals surface area contributed by atoms with Crippen LogP contribution in [0.4, 0.5) is 5.82 Å². The molecule has 1 fully saturated rings. The summed E-state index contributed by atoms with van der Waals surface area (Å²) in [4.78, 5) is 28.4. The normalized spacial score (nSPS) is 19.4. The maximum Gasteiger partial charge on any atom is 0.351 e.